The molecule has 3 heteroatoms. The van der Waals surface area contributed by atoms with Gasteiger partial charge in [0.1, 0.15) is 0 Å². The predicted molar refractivity (Wildman–Crippen MR) is 51.9 cm³/mol. The van der Waals surface area contributed by atoms with Gasteiger partial charge in [-0.3, -0.25) is 0 Å². The highest BCUT2D eigenvalue weighted by molar-refractivity contribution is 14.0. The van der Waals surface area contributed by atoms with E-state index in [0.717, 1.165) is 0 Å². The van der Waals surface area contributed by atoms with E-state index in [9.17, 15) is 0 Å². The largest absolute Gasteiger partial charge is 0.107 e. The van der Waals surface area contributed by atoms with Crippen molar-refractivity contribution >= 4 is 47.2 Å². The first-order valence-electron chi connectivity index (χ1n) is 2.21. The molecular weight excluding hydrogens is 270 g/mol. The molecular formula is C6H5Cl2I. The van der Waals surface area contributed by atoms with E-state index in [0.29, 0.717) is 10.0 Å². The predicted octanol–water partition coefficient (Wildman–Crippen LogP) is 3.61. The topological polar surface area (TPSA) is 0 Å². The smallest absolute Gasteiger partial charge is 0.0592 e. The van der Waals surface area contributed by atoms with Gasteiger partial charge in [0.05, 0.1) is 10.0 Å². The number of benzene rings is 1. The van der Waals surface area contributed by atoms with Gasteiger partial charge in [-0.1, -0.05) is 35.3 Å². The molecule has 0 saturated carbocycles. The number of rotatable bonds is 0. The van der Waals surface area contributed by atoms with Crippen molar-refractivity contribution in [3.63, 3.8) is 0 Å². The second-order valence-electron chi connectivity index (χ2n) is 1.41. The van der Waals surface area contributed by atoms with Crippen molar-refractivity contribution in [2.45, 2.75) is 0 Å². The van der Waals surface area contributed by atoms with Crippen molar-refractivity contribution in [2.24, 2.45) is 0 Å². The fourth-order valence-corrected chi connectivity index (χ4v) is 0.711. The Labute approximate surface area is 81.2 Å². The van der Waals surface area contributed by atoms with Crippen LogP contribution in [-0.2, 0) is 0 Å². The molecule has 50 valence electrons. The average Bonchev–Trinajstić information content (AvgIpc) is 1.77. The van der Waals surface area contributed by atoms with Gasteiger partial charge in [-0.2, -0.15) is 0 Å². The summed E-state index contributed by atoms with van der Waals surface area (Å²) in [5.74, 6) is 0. The molecule has 0 radical (unpaired) electrons. The second-order valence-corrected chi connectivity index (χ2v) is 2.23. The molecule has 1 rings (SSSR count). The Bertz CT molecular complexity index is 167. The third-order valence-corrected chi connectivity index (χ3v) is 1.58. The summed E-state index contributed by atoms with van der Waals surface area (Å²) >= 11 is 11.2. The van der Waals surface area contributed by atoms with Crippen LogP contribution in [0.1, 0.15) is 0 Å². The summed E-state index contributed by atoms with van der Waals surface area (Å²) in [6.07, 6.45) is 0. The zero-order chi connectivity index (χ0) is 5.98. The van der Waals surface area contributed by atoms with Crippen LogP contribution < -0.4 is 0 Å². The van der Waals surface area contributed by atoms with Crippen molar-refractivity contribution in [1.82, 2.24) is 0 Å². The molecule has 0 atom stereocenters. The maximum absolute atomic E-state index is 5.58. The average molecular weight is 275 g/mol. The fourth-order valence-electron chi connectivity index (χ4n) is 0.439. The maximum atomic E-state index is 5.58. The van der Waals surface area contributed by atoms with Crippen LogP contribution >= 0.6 is 47.2 Å². The van der Waals surface area contributed by atoms with E-state index in [1.165, 1.54) is 0 Å². The summed E-state index contributed by atoms with van der Waals surface area (Å²) in [6, 6.07) is 7.19. The summed E-state index contributed by atoms with van der Waals surface area (Å²) in [5, 5.41) is 1.21. The Morgan fingerprint density at radius 3 is 1.44 bits per heavy atom. The monoisotopic (exact) mass is 274 g/mol. The van der Waals surface area contributed by atoms with Crippen LogP contribution in [0.5, 0.6) is 0 Å². The quantitative estimate of drug-likeness (QED) is 0.634. The summed E-state index contributed by atoms with van der Waals surface area (Å²) in [5.41, 5.74) is 0. The van der Waals surface area contributed by atoms with Crippen LogP contribution in [0.25, 0.3) is 0 Å². The van der Waals surface area contributed by atoms with Crippen molar-refractivity contribution in [2.75, 3.05) is 0 Å². The van der Waals surface area contributed by atoms with Crippen LogP contribution in [0.2, 0.25) is 10.0 Å². The minimum absolute atomic E-state index is 0. The molecule has 0 heterocycles. The van der Waals surface area contributed by atoms with Gasteiger partial charge in [-0.15, -0.1) is 24.0 Å². The Balaban J connectivity index is 0.000000640. The Hall–Kier alpha value is 0.530. The van der Waals surface area contributed by atoms with E-state index in [2.05, 4.69) is 0 Å². The first-order valence-corrected chi connectivity index (χ1v) is 2.96. The maximum Gasteiger partial charge on any atom is 0.0592 e. The fraction of sp³-hybridized carbons (Fsp3) is 0. The van der Waals surface area contributed by atoms with E-state index in [-0.39, 0.29) is 24.0 Å². The van der Waals surface area contributed by atoms with Gasteiger partial charge in [0.15, 0.2) is 0 Å². The Morgan fingerprint density at radius 2 is 1.22 bits per heavy atom. The first kappa shape index (κ1) is 9.53. The molecule has 0 fully saturated rings. The minimum Gasteiger partial charge on any atom is -0.107 e. The molecule has 0 N–H and O–H groups in total. The summed E-state index contributed by atoms with van der Waals surface area (Å²) in [7, 11) is 0. The lowest BCUT2D eigenvalue weighted by Gasteiger charge is -1.88. The molecule has 1 aromatic carbocycles. The lowest BCUT2D eigenvalue weighted by atomic mass is 10.4. The van der Waals surface area contributed by atoms with Crippen LogP contribution in [-0.4, -0.2) is 0 Å². The molecule has 0 aliphatic rings. The SMILES string of the molecule is Clc1ccccc1Cl.I. The molecule has 0 aliphatic heterocycles. The zero-order valence-electron chi connectivity index (χ0n) is 4.47. The molecule has 1 aromatic rings. The zero-order valence-corrected chi connectivity index (χ0v) is 8.32. The van der Waals surface area contributed by atoms with Gasteiger partial charge in [0, 0.05) is 0 Å². The Morgan fingerprint density at radius 1 is 0.889 bits per heavy atom. The standard InChI is InChI=1S/C6H4Cl2.HI/c7-5-3-1-2-4-6(5)8;/h1-4H;1H. The minimum atomic E-state index is 0. The van der Waals surface area contributed by atoms with Gasteiger partial charge in [-0.05, 0) is 12.1 Å². The molecule has 0 nitrogen and oxygen atoms in total. The third kappa shape index (κ3) is 2.74. The van der Waals surface area contributed by atoms with Gasteiger partial charge < -0.3 is 0 Å². The molecule has 0 spiro atoms. The lowest BCUT2D eigenvalue weighted by molar-refractivity contribution is 1.71. The van der Waals surface area contributed by atoms with Gasteiger partial charge in [0.25, 0.3) is 0 Å². The summed E-state index contributed by atoms with van der Waals surface area (Å²) in [4.78, 5) is 0. The van der Waals surface area contributed by atoms with Crippen LogP contribution in [0.4, 0.5) is 0 Å². The Kier molecular flexibility index (Phi) is 4.62. The highest BCUT2D eigenvalue weighted by Crippen LogP contribution is 2.19. The van der Waals surface area contributed by atoms with E-state index in [1.54, 1.807) is 12.1 Å². The van der Waals surface area contributed by atoms with Crippen molar-refractivity contribution < 1.29 is 0 Å². The highest BCUT2D eigenvalue weighted by Gasteiger charge is 1.89. The molecule has 0 amide bonds. The lowest BCUT2D eigenvalue weighted by Crippen LogP contribution is -1.62. The number of hydrogen-bond donors (Lipinski definition) is 0. The number of halogens is 3. The third-order valence-electron chi connectivity index (χ3n) is 0.824. The van der Waals surface area contributed by atoms with Gasteiger partial charge in [-0.25, -0.2) is 0 Å². The van der Waals surface area contributed by atoms with Crippen LogP contribution in [0.3, 0.4) is 0 Å². The second kappa shape index (κ2) is 4.36. The van der Waals surface area contributed by atoms with Crippen LogP contribution in [0.15, 0.2) is 24.3 Å². The van der Waals surface area contributed by atoms with Crippen molar-refractivity contribution in [1.29, 1.82) is 0 Å². The molecule has 0 aliphatic carbocycles. The van der Waals surface area contributed by atoms with Crippen LogP contribution in [0, 0.1) is 0 Å². The first-order chi connectivity index (χ1) is 3.80. The summed E-state index contributed by atoms with van der Waals surface area (Å²) < 4.78 is 0. The molecule has 0 aromatic heterocycles. The van der Waals surface area contributed by atoms with E-state index < -0.39 is 0 Å². The van der Waals surface area contributed by atoms with Gasteiger partial charge in [0.2, 0.25) is 0 Å². The van der Waals surface area contributed by atoms with Crippen molar-refractivity contribution in [3.05, 3.63) is 34.3 Å². The number of hydrogen-bond acceptors (Lipinski definition) is 0. The normalized spacial score (nSPS) is 8.22. The van der Waals surface area contributed by atoms with E-state index >= 15 is 0 Å². The van der Waals surface area contributed by atoms with Crippen molar-refractivity contribution in [3.8, 4) is 0 Å². The van der Waals surface area contributed by atoms with E-state index in [4.69, 9.17) is 23.2 Å². The molecule has 0 saturated heterocycles. The molecule has 9 heavy (non-hydrogen) atoms. The van der Waals surface area contributed by atoms with E-state index in [1.807, 2.05) is 12.1 Å². The molecule has 0 unspecified atom stereocenters. The highest BCUT2D eigenvalue weighted by atomic mass is 127. The van der Waals surface area contributed by atoms with Gasteiger partial charge >= 0.3 is 0 Å². The molecule has 0 bridgehead atoms. The summed E-state index contributed by atoms with van der Waals surface area (Å²) in [6.45, 7) is 0.